The van der Waals surface area contributed by atoms with Crippen molar-refractivity contribution in [3.05, 3.63) is 64.2 Å². The molecule has 2 aromatic rings. The van der Waals surface area contributed by atoms with Gasteiger partial charge in [0.15, 0.2) is 0 Å². The van der Waals surface area contributed by atoms with Gasteiger partial charge in [-0.25, -0.2) is 0 Å². The van der Waals surface area contributed by atoms with Crippen molar-refractivity contribution in [3.63, 3.8) is 0 Å². The summed E-state index contributed by atoms with van der Waals surface area (Å²) in [5, 5.41) is 20.2. The highest BCUT2D eigenvalue weighted by Crippen LogP contribution is 2.21. The minimum atomic E-state index is -0.355. The van der Waals surface area contributed by atoms with Crippen molar-refractivity contribution in [1.82, 2.24) is 4.90 Å². The first-order valence-corrected chi connectivity index (χ1v) is 7.61. The van der Waals surface area contributed by atoms with E-state index in [1.165, 1.54) is 6.07 Å². The zero-order valence-corrected chi connectivity index (χ0v) is 12.8. The predicted molar refractivity (Wildman–Crippen MR) is 88.7 cm³/mol. The summed E-state index contributed by atoms with van der Waals surface area (Å²) in [6.45, 7) is 4.34. The van der Waals surface area contributed by atoms with Gasteiger partial charge in [0, 0.05) is 50.5 Å². The molecule has 0 saturated carbocycles. The molecule has 1 aliphatic rings. The molecule has 0 unspecified atom stereocenters. The topological polar surface area (TPSA) is 69.9 Å². The minimum absolute atomic E-state index is 0.144. The standard InChI is InChI=1S/C17H19N3O3/c21-17-6-4-15(5-7-17)19-10-8-18(9-11-19)13-14-2-1-3-16(12-14)20(22)23/h1-7,12,21H,8-11,13H2. The first kappa shape index (κ1) is 15.3. The number of phenols is 1. The molecule has 0 radical (unpaired) electrons. The Kier molecular flexibility index (Phi) is 4.43. The van der Waals surface area contributed by atoms with Crippen molar-refractivity contribution >= 4 is 11.4 Å². The molecule has 6 heteroatoms. The number of benzene rings is 2. The Labute approximate surface area is 134 Å². The molecule has 3 rings (SSSR count). The lowest BCUT2D eigenvalue weighted by molar-refractivity contribution is -0.384. The van der Waals surface area contributed by atoms with Gasteiger partial charge in [-0.2, -0.15) is 0 Å². The fraction of sp³-hybridized carbons (Fsp3) is 0.294. The van der Waals surface area contributed by atoms with Gasteiger partial charge in [0.2, 0.25) is 0 Å². The van der Waals surface area contributed by atoms with Crippen molar-refractivity contribution in [1.29, 1.82) is 0 Å². The molecule has 0 aliphatic carbocycles. The van der Waals surface area contributed by atoms with E-state index in [-0.39, 0.29) is 16.4 Å². The van der Waals surface area contributed by atoms with Gasteiger partial charge in [0.1, 0.15) is 5.75 Å². The van der Waals surface area contributed by atoms with E-state index in [0.717, 1.165) is 44.0 Å². The lowest BCUT2D eigenvalue weighted by Gasteiger charge is -2.36. The predicted octanol–water partition coefficient (Wildman–Crippen LogP) is 2.62. The maximum Gasteiger partial charge on any atom is 0.269 e. The van der Waals surface area contributed by atoms with E-state index >= 15 is 0 Å². The molecule has 23 heavy (non-hydrogen) atoms. The van der Waals surface area contributed by atoms with Crippen LogP contribution in [0.25, 0.3) is 0 Å². The smallest absolute Gasteiger partial charge is 0.269 e. The maximum atomic E-state index is 10.8. The van der Waals surface area contributed by atoms with Crippen molar-refractivity contribution in [2.24, 2.45) is 0 Å². The lowest BCUT2D eigenvalue weighted by atomic mass is 10.1. The van der Waals surface area contributed by atoms with E-state index in [0.29, 0.717) is 0 Å². The number of nitro groups is 1. The fourth-order valence-corrected chi connectivity index (χ4v) is 2.85. The number of hydrogen-bond acceptors (Lipinski definition) is 5. The van der Waals surface area contributed by atoms with Gasteiger partial charge in [-0.05, 0) is 29.8 Å². The summed E-state index contributed by atoms with van der Waals surface area (Å²) in [5.41, 5.74) is 2.22. The molecular weight excluding hydrogens is 294 g/mol. The summed E-state index contributed by atoms with van der Waals surface area (Å²) in [4.78, 5) is 15.1. The highest BCUT2D eigenvalue weighted by atomic mass is 16.6. The van der Waals surface area contributed by atoms with Crippen molar-refractivity contribution in [3.8, 4) is 5.75 Å². The van der Waals surface area contributed by atoms with E-state index in [2.05, 4.69) is 9.80 Å². The molecule has 1 saturated heterocycles. The van der Waals surface area contributed by atoms with Gasteiger partial charge in [0.05, 0.1) is 4.92 Å². The second-order valence-corrected chi connectivity index (χ2v) is 5.71. The summed E-state index contributed by atoms with van der Waals surface area (Å²) in [6.07, 6.45) is 0. The van der Waals surface area contributed by atoms with Crippen LogP contribution in [0.5, 0.6) is 5.75 Å². The Morgan fingerprint density at radius 2 is 1.74 bits per heavy atom. The summed E-state index contributed by atoms with van der Waals surface area (Å²) >= 11 is 0. The van der Waals surface area contributed by atoms with Crippen LogP contribution in [0, 0.1) is 10.1 Å². The van der Waals surface area contributed by atoms with Gasteiger partial charge < -0.3 is 10.0 Å². The Morgan fingerprint density at radius 3 is 2.39 bits per heavy atom. The van der Waals surface area contributed by atoms with Crippen LogP contribution >= 0.6 is 0 Å². The zero-order valence-electron chi connectivity index (χ0n) is 12.8. The average molecular weight is 313 g/mol. The SMILES string of the molecule is O=[N+]([O-])c1cccc(CN2CCN(c3ccc(O)cc3)CC2)c1. The largest absolute Gasteiger partial charge is 0.508 e. The number of hydrogen-bond donors (Lipinski definition) is 1. The number of anilines is 1. The second kappa shape index (κ2) is 6.66. The van der Waals surface area contributed by atoms with Gasteiger partial charge in [-0.15, -0.1) is 0 Å². The lowest BCUT2D eigenvalue weighted by Crippen LogP contribution is -2.45. The third-order valence-corrected chi connectivity index (χ3v) is 4.11. The highest BCUT2D eigenvalue weighted by Gasteiger charge is 2.18. The van der Waals surface area contributed by atoms with Gasteiger partial charge >= 0.3 is 0 Å². The van der Waals surface area contributed by atoms with Crippen LogP contribution in [0.2, 0.25) is 0 Å². The molecule has 0 atom stereocenters. The second-order valence-electron chi connectivity index (χ2n) is 5.71. The Balaban J connectivity index is 1.58. The Bertz CT molecular complexity index is 680. The molecule has 0 spiro atoms. The third kappa shape index (κ3) is 3.78. The van der Waals surface area contributed by atoms with E-state index in [1.807, 2.05) is 18.2 Å². The van der Waals surface area contributed by atoms with Crippen LogP contribution in [0.4, 0.5) is 11.4 Å². The van der Waals surface area contributed by atoms with Crippen LogP contribution in [0.3, 0.4) is 0 Å². The van der Waals surface area contributed by atoms with E-state index < -0.39 is 0 Å². The Hall–Kier alpha value is -2.60. The normalized spacial score (nSPS) is 15.6. The fourth-order valence-electron chi connectivity index (χ4n) is 2.85. The number of piperazine rings is 1. The van der Waals surface area contributed by atoms with E-state index in [9.17, 15) is 15.2 Å². The first-order chi connectivity index (χ1) is 11.1. The van der Waals surface area contributed by atoms with E-state index in [4.69, 9.17) is 0 Å². The average Bonchev–Trinajstić information content (AvgIpc) is 2.57. The minimum Gasteiger partial charge on any atom is -0.508 e. The quantitative estimate of drug-likeness (QED) is 0.694. The number of nitrogens with zero attached hydrogens (tertiary/aromatic N) is 3. The number of rotatable bonds is 4. The number of aromatic hydroxyl groups is 1. The van der Waals surface area contributed by atoms with Gasteiger partial charge in [0.25, 0.3) is 5.69 Å². The van der Waals surface area contributed by atoms with Crippen LogP contribution < -0.4 is 4.90 Å². The van der Waals surface area contributed by atoms with Crippen LogP contribution in [-0.4, -0.2) is 41.1 Å². The zero-order chi connectivity index (χ0) is 16.2. The molecule has 2 aromatic carbocycles. The van der Waals surface area contributed by atoms with Crippen LogP contribution in [-0.2, 0) is 6.54 Å². The molecule has 1 aliphatic heterocycles. The summed E-state index contributed by atoms with van der Waals surface area (Å²) in [6, 6.07) is 14.1. The van der Waals surface area contributed by atoms with Crippen molar-refractivity contribution < 1.29 is 10.0 Å². The molecule has 0 aromatic heterocycles. The molecule has 6 nitrogen and oxygen atoms in total. The van der Waals surface area contributed by atoms with Gasteiger partial charge in [-0.1, -0.05) is 12.1 Å². The van der Waals surface area contributed by atoms with Crippen molar-refractivity contribution in [2.45, 2.75) is 6.54 Å². The number of phenolic OH excluding ortho intramolecular Hbond substituents is 1. The number of non-ortho nitro benzene ring substituents is 1. The number of nitro benzene ring substituents is 1. The van der Waals surface area contributed by atoms with Crippen molar-refractivity contribution in [2.75, 3.05) is 31.1 Å². The monoisotopic (exact) mass is 313 g/mol. The maximum absolute atomic E-state index is 10.8. The molecule has 0 bridgehead atoms. The molecule has 120 valence electrons. The van der Waals surface area contributed by atoms with Gasteiger partial charge in [-0.3, -0.25) is 15.0 Å². The van der Waals surface area contributed by atoms with Crippen LogP contribution in [0.1, 0.15) is 5.56 Å². The highest BCUT2D eigenvalue weighted by molar-refractivity contribution is 5.49. The van der Waals surface area contributed by atoms with E-state index in [1.54, 1.807) is 24.3 Å². The third-order valence-electron chi connectivity index (χ3n) is 4.11. The summed E-state index contributed by atoms with van der Waals surface area (Å²) < 4.78 is 0. The first-order valence-electron chi connectivity index (χ1n) is 7.61. The molecule has 1 N–H and O–H groups in total. The molecular formula is C17H19N3O3. The summed E-state index contributed by atoms with van der Waals surface area (Å²) in [5.74, 6) is 0.276. The molecule has 0 amide bonds. The Morgan fingerprint density at radius 1 is 1.04 bits per heavy atom. The molecule has 1 heterocycles. The van der Waals surface area contributed by atoms with Crippen LogP contribution in [0.15, 0.2) is 48.5 Å². The molecule has 1 fully saturated rings. The summed E-state index contributed by atoms with van der Waals surface area (Å²) in [7, 11) is 0.